The summed E-state index contributed by atoms with van der Waals surface area (Å²) in [6.07, 6.45) is 6.71. The number of piperidine rings is 1. The van der Waals surface area contributed by atoms with Crippen molar-refractivity contribution in [3.05, 3.63) is 28.8 Å². The van der Waals surface area contributed by atoms with E-state index in [4.69, 9.17) is 16.3 Å². The molecule has 0 amide bonds. The number of ether oxygens (including phenoxy) is 1. The molecule has 1 saturated heterocycles. The predicted octanol–water partition coefficient (Wildman–Crippen LogP) is 3.96. The minimum absolute atomic E-state index is 0.262. The normalized spacial score (nSPS) is 23.1. The predicted molar refractivity (Wildman–Crippen MR) is 90.0 cm³/mol. The van der Waals surface area contributed by atoms with Gasteiger partial charge in [0.05, 0.1) is 12.0 Å². The number of benzene rings is 1. The molecule has 0 aromatic heterocycles. The summed E-state index contributed by atoms with van der Waals surface area (Å²) >= 11 is 6.16. The van der Waals surface area contributed by atoms with Crippen molar-refractivity contribution in [3.8, 4) is 5.75 Å². The van der Waals surface area contributed by atoms with Crippen molar-refractivity contribution in [2.24, 2.45) is 5.92 Å². The highest BCUT2D eigenvalue weighted by molar-refractivity contribution is 6.30. The average Bonchev–Trinajstić information content (AvgIpc) is 3.03. The summed E-state index contributed by atoms with van der Waals surface area (Å²) in [5, 5.41) is 9.94. The Morgan fingerprint density at radius 2 is 2.04 bits per heavy atom. The van der Waals surface area contributed by atoms with Gasteiger partial charge < -0.3 is 9.84 Å². The molecule has 1 N–H and O–H groups in total. The third-order valence-corrected chi connectivity index (χ3v) is 5.10. The van der Waals surface area contributed by atoms with Gasteiger partial charge in [0.1, 0.15) is 5.75 Å². The number of likely N-dealkylation sites (tertiary alicyclic amines) is 1. The van der Waals surface area contributed by atoms with Crippen LogP contribution in [0.15, 0.2) is 18.2 Å². The van der Waals surface area contributed by atoms with Crippen molar-refractivity contribution in [1.82, 2.24) is 4.90 Å². The second-order valence-corrected chi connectivity index (χ2v) is 7.13. The fourth-order valence-electron chi connectivity index (χ4n) is 3.61. The molecule has 1 aliphatic carbocycles. The Morgan fingerprint density at radius 3 is 2.78 bits per heavy atom. The fraction of sp³-hybridized carbons (Fsp3) is 0.611. The molecule has 0 bridgehead atoms. The smallest absolute Gasteiger partial charge is 0.307 e. The van der Waals surface area contributed by atoms with Crippen LogP contribution in [0.3, 0.4) is 0 Å². The Kier molecular flexibility index (Phi) is 5.44. The summed E-state index contributed by atoms with van der Waals surface area (Å²) < 4.78 is 6.18. The van der Waals surface area contributed by atoms with Gasteiger partial charge in [-0.3, -0.25) is 9.69 Å². The molecule has 2 fully saturated rings. The van der Waals surface area contributed by atoms with E-state index >= 15 is 0 Å². The zero-order valence-corrected chi connectivity index (χ0v) is 14.1. The van der Waals surface area contributed by atoms with Gasteiger partial charge in [0, 0.05) is 23.7 Å². The molecule has 4 nitrogen and oxygen atoms in total. The number of halogens is 1. The molecule has 126 valence electrons. The third-order valence-electron chi connectivity index (χ3n) is 4.87. The van der Waals surface area contributed by atoms with E-state index in [1.807, 2.05) is 18.2 Å². The van der Waals surface area contributed by atoms with E-state index in [0.717, 1.165) is 43.5 Å². The maximum Gasteiger partial charge on any atom is 0.307 e. The van der Waals surface area contributed by atoms with Gasteiger partial charge >= 0.3 is 5.97 Å². The van der Waals surface area contributed by atoms with Crippen molar-refractivity contribution in [2.75, 3.05) is 13.1 Å². The van der Waals surface area contributed by atoms with Gasteiger partial charge in [-0.25, -0.2) is 0 Å². The topological polar surface area (TPSA) is 49.8 Å². The van der Waals surface area contributed by atoms with E-state index in [1.165, 1.54) is 12.8 Å². The molecule has 0 radical (unpaired) electrons. The van der Waals surface area contributed by atoms with Crippen LogP contribution in [-0.2, 0) is 11.3 Å². The van der Waals surface area contributed by atoms with Gasteiger partial charge in [-0.1, -0.05) is 11.6 Å². The second-order valence-electron chi connectivity index (χ2n) is 6.69. The lowest BCUT2D eigenvalue weighted by molar-refractivity contribution is -0.143. The monoisotopic (exact) mass is 337 g/mol. The first kappa shape index (κ1) is 16.6. The highest BCUT2D eigenvalue weighted by atomic mass is 35.5. The molecule has 1 aromatic carbocycles. The first-order valence-corrected chi connectivity index (χ1v) is 8.90. The number of hydrogen-bond donors (Lipinski definition) is 1. The molecule has 23 heavy (non-hydrogen) atoms. The number of aliphatic carboxylic acids is 1. The van der Waals surface area contributed by atoms with Crippen molar-refractivity contribution in [3.63, 3.8) is 0 Å². The first-order valence-electron chi connectivity index (χ1n) is 8.52. The van der Waals surface area contributed by atoms with Gasteiger partial charge in [-0.15, -0.1) is 0 Å². The Morgan fingerprint density at radius 1 is 1.26 bits per heavy atom. The molecular weight excluding hydrogens is 314 g/mol. The molecule has 1 aliphatic heterocycles. The second kappa shape index (κ2) is 7.54. The maximum absolute atomic E-state index is 11.2. The van der Waals surface area contributed by atoms with E-state index in [9.17, 15) is 9.90 Å². The molecule has 1 saturated carbocycles. The zero-order chi connectivity index (χ0) is 16.2. The lowest BCUT2D eigenvalue weighted by Crippen LogP contribution is -2.38. The molecule has 2 aliphatic rings. The summed E-state index contributed by atoms with van der Waals surface area (Å²) in [6.45, 7) is 2.23. The standard InChI is InChI=1S/C18H24ClNO3/c19-15-7-8-17(23-16-5-1-2-6-16)14(10-15)12-20-9-3-4-13(11-20)18(21)22/h7-8,10,13,16H,1-6,9,11-12H2,(H,21,22). The molecule has 0 spiro atoms. The number of nitrogens with zero attached hydrogens (tertiary/aromatic N) is 1. The summed E-state index contributed by atoms with van der Waals surface area (Å²) in [5.74, 6) is -0.0518. The average molecular weight is 338 g/mol. The molecule has 1 heterocycles. The Bertz CT molecular complexity index is 557. The highest BCUT2D eigenvalue weighted by Gasteiger charge is 2.26. The van der Waals surface area contributed by atoms with Crippen molar-refractivity contribution < 1.29 is 14.6 Å². The molecule has 3 rings (SSSR count). The van der Waals surface area contributed by atoms with Gasteiger partial charge in [-0.2, -0.15) is 0 Å². The van der Waals surface area contributed by atoms with Crippen molar-refractivity contribution in [1.29, 1.82) is 0 Å². The van der Waals surface area contributed by atoms with E-state index in [2.05, 4.69) is 4.90 Å². The Hall–Kier alpha value is -1.26. The van der Waals surface area contributed by atoms with Crippen LogP contribution in [0.4, 0.5) is 0 Å². The molecule has 1 aromatic rings. The zero-order valence-electron chi connectivity index (χ0n) is 13.3. The van der Waals surface area contributed by atoms with Crippen LogP contribution in [0.5, 0.6) is 5.75 Å². The number of carbonyl (C=O) groups is 1. The highest BCUT2D eigenvalue weighted by Crippen LogP contribution is 2.30. The van der Waals surface area contributed by atoms with E-state index in [0.29, 0.717) is 24.2 Å². The number of hydrogen-bond acceptors (Lipinski definition) is 3. The van der Waals surface area contributed by atoms with Crippen LogP contribution in [0.2, 0.25) is 5.02 Å². The third kappa shape index (κ3) is 4.39. The Labute approximate surface area is 142 Å². The molecule has 5 heteroatoms. The van der Waals surface area contributed by atoms with Crippen molar-refractivity contribution >= 4 is 17.6 Å². The van der Waals surface area contributed by atoms with E-state index in [1.54, 1.807) is 0 Å². The first-order chi connectivity index (χ1) is 11.1. The van der Waals surface area contributed by atoms with E-state index < -0.39 is 5.97 Å². The van der Waals surface area contributed by atoms with Crippen LogP contribution in [0.1, 0.15) is 44.1 Å². The van der Waals surface area contributed by atoms with Crippen LogP contribution >= 0.6 is 11.6 Å². The molecule has 1 unspecified atom stereocenters. The number of carboxylic acids is 1. The minimum Gasteiger partial charge on any atom is -0.490 e. The summed E-state index contributed by atoms with van der Waals surface area (Å²) in [5.41, 5.74) is 1.07. The van der Waals surface area contributed by atoms with Crippen LogP contribution in [0.25, 0.3) is 0 Å². The summed E-state index contributed by atoms with van der Waals surface area (Å²) in [6, 6.07) is 5.77. The molecule has 1 atom stereocenters. The van der Waals surface area contributed by atoms with Gasteiger partial charge in [0.2, 0.25) is 0 Å². The summed E-state index contributed by atoms with van der Waals surface area (Å²) in [7, 11) is 0. The lowest BCUT2D eigenvalue weighted by atomic mass is 9.98. The number of carboxylic acid groups (broad SMARTS) is 1. The number of rotatable bonds is 5. The fourth-order valence-corrected chi connectivity index (χ4v) is 3.81. The maximum atomic E-state index is 11.2. The quantitative estimate of drug-likeness (QED) is 0.883. The van der Waals surface area contributed by atoms with Gasteiger partial charge in [-0.05, 0) is 63.3 Å². The van der Waals surface area contributed by atoms with Gasteiger partial charge in [0.15, 0.2) is 0 Å². The largest absolute Gasteiger partial charge is 0.490 e. The lowest BCUT2D eigenvalue weighted by Gasteiger charge is -2.31. The van der Waals surface area contributed by atoms with Crippen LogP contribution in [-0.4, -0.2) is 35.2 Å². The Balaban J connectivity index is 1.70. The SMILES string of the molecule is O=C(O)C1CCCN(Cc2cc(Cl)ccc2OC2CCCC2)C1. The van der Waals surface area contributed by atoms with E-state index in [-0.39, 0.29) is 5.92 Å². The summed E-state index contributed by atoms with van der Waals surface area (Å²) in [4.78, 5) is 13.4. The van der Waals surface area contributed by atoms with Gasteiger partial charge in [0.25, 0.3) is 0 Å². The van der Waals surface area contributed by atoms with Crippen LogP contribution < -0.4 is 4.74 Å². The molecular formula is C18H24ClNO3. The van der Waals surface area contributed by atoms with Crippen LogP contribution in [0, 0.1) is 5.92 Å². The minimum atomic E-state index is -0.691. The van der Waals surface area contributed by atoms with Crippen molar-refractivity contribution in [2.45, 2.75) is 51.2 Å².